The van der Waals surface area contributed by atoms with Crippen molar-refractivity contribution in [3.05, 3.63) is 88.0 Å². The highest BCUT2D eigenvalue weighted by molar-refractivity contribution is 6.35. The summed E-state index contributed by atoms with van der Waals surface area (Å²) < 4.78 is 26.4. The summed E-state index contributed by atoms with van der Waals surface area (Å²) in [5.41, 5.74) is 8.26. The summed E-state index contributed by atoms with van der Waals surface area (Å²) in [6.07, 6.45) is 1.45. The Bertz CT molecular complexity index is 1670. The number of para-hydroxylation sites is 1. The van der Waals surface area contributed by atoms with Crippen molar-refractivity contribution in [2.24, 2.45) is 0 Å². The number of carbonyl (C=O) groups excluding carboxylic acids is 2. The smallest absolute Gasteiger partial charge is 0.360 e. The highest BCUT2D eigenvalue weighted by Gasteiger charge is 2.23. The van der Waals surface area contributed by atoms with E-state index in [1.54, 1.807) is 25.3 Å². The molecule has 1 saturated heterocycles. The maximum Gasteiger partial charge on any atom is 0.360 e. The highest BCUT2D eigenvalue weighted by Crippen LogP contribution is 2.32. The van der Waals surface area contributed by atoms with E-state index in [1.807, 2.05) is 24.3 Å². The Labute approximate surface area is 252 Å². The summed E-state index contributed by atoms with van der Waals surface area (Å²) >= 11 is 6.33. The predicted octanol–water partition coefficient (Wildman–Crippen LogP) is 4.32. The number of nitrogens with two attached hydrogens (primary N) is 1. The Hall–Kier alpha value is -4.68. The highest BCUT2D eigenvalue weighted by atomic mass is 35.5. The first-order valence-corrected chi connectivity index (χ1v) is 13.9. The van der Waals surface area contributed by atoms with Gasteiger partial charge in [-0.25, -0.2) is 13.9 Å². The van der Waals surface area contributed by atoms with Crippen LogP contribution in [-0.2, 0) is 11.3 Å². The SMILES string of the molecule is COc1ccccc1COC(=O)c1cn(-c2ccc(N3CCN(C)CC3)c(NC(=O)c3cc(N)c(F)c(C)c3Cl)c2)nn1. The Balaban J connectivity index is 1.41. The minimum Gasteiger partial charge on any atom is -0.496 e. The molecule has 0 atom stereocenters. The molecular formula is C30H31ClFN7O4. The van der Waals surface area contributed by atoms with Gasteiger partial charge in [-0.3, -0.25) is 4.79 Å². The van der Waals surface area contributed by atoms with E-state index in [1.165, 1.54) is 23.9 Å². The summed E-state index contributed by atoms with van der Waals surface area (Å²) in [4.78, 5) is 30.5. The number of anilines is 3. The van der Waals surface area contributed by atoms with Gasteiger partial charge in [-0.15, -0.1) is 5.10 Å². The number of methoxy groups -OCH3 is 1. The number of piperazine rings is 1. The zero-order valence-corrected chi connectivity index (χ0v) is 24.7. The van der Waals surface area contributed by atoms with Crippen molar-refractivity contribution >= 4 is 40.5 Å². The van der Waals surface area contributed by atoms with Crippen LogP contribution in [0.4, 0.5) is 21.5 Å². The topological polar surface area (TPSA) is 128 Å². The first kappa shape index (κ1) is 29.8. The fourth-order valence-electron chi connectivity index (χ4n) is 4.76. The van der Waals surface area contributed by atoms with E-state index in [9.17, 15) is 14.0 Å². The van der Waals surface area contributed by atoms with Gasteiger partial charge in [0.2, 0.25) is 0 Å². The van der Waals surface area contributed by atoms with Crippen molar-refractivity contribution in [3.63, 3.8) is 0 Å². The zero-order valence-electron chi connectivity index (χ0n) is 23.9. The van der Waals surface area contributed by atoms with Gasteiger partial charge in [-0.05, 0) is 44.3 Å². The van der Waals surface area contributed by atoms with Gasteiger partial charge in [-0.1, -0.05) is 35.0 Å². The van der Waals surface area contributed by atoms with Crippen LogP contribution in [0.15, 0.2) is 54.7 Å². The summed E-state index contributed by atoms with van der Waals surface area (Å²) in [6, 6.07) is 13.9. The summed E-state index contributed by atoms with van der Waals surface area (Å²) in [6.45, 7) is 4.64. The van der Waals surface area contributed by atoms with Crippen LogP contribution in [0.3, 0.4) is 0 Å². The predicted molar refractivity (Wildman–Crippen MR) is 162 cm³/mol. The summed E-state index contributed by atoms with van der Waals surface area (Å²) in [5, 5.41) is 11.0. The number of halogens is 2. The lowest BCUT2D eigenvalue weighted by Crippen LogP contribution is -2.44. The summed E-state index contributed by atoms with van der Waals surface area (Å²) in [5.74, 6) is -1.26. The van der Waals surface area contributed by atoms with E-state index in [2.05, 4.69) is 32.5 Å². The number of benzene rings is 3. The molecule has 3 N–H and O–H groups in total. The summed E-state index contributed by atoms with van der Waals surface area (Å²) in [7, 11) is 3.60. The average Bonchev–Trinajstić information content (AvgIpc) is 3.52. The molecule has 0 aliphatic carbocycles. The molecule has 1 aliphatic heterocycles. The normalized spacial score (nSPS) is 13.6. The van der Waals surface area contributed by atoms with Gasteiger partial charge >= 0.3 is 5.97 Å². The van der Waals surface area contributed by atoms with E-state index in [0.29, 0.717) is 22.7 Å². The molecule has 1 aromatic heterocycles. The van der Waals surface area contributed by atoms with Gasteiger partial charge in [0.25, 0.3) is 5.91 Å². The number of hydrogen-bond donors (Lipinski definition) is 2. The second kappa shape index (κ2) is 12.7. The fraction of sp³-hybridized carbons (Fsp3) is 0.267. The molecule has 11 nitrogen and oxygen atoms in total. The van der Waals surface area contributed by atoms with Crippen molar-refractivity contribution in [1.29, 1.82) is 0 Å². The minimum absolute atomic E-state index is 0.00153. The third-order valence-electron chi connectivity index (χ3n) is 7.28. The molecule has 43 heavy (non-hydrogen) atoms. The van der Waals surface area contributed by atoms with E-state index < -0.39 is 17.7 Å². The number of nitrogens with zero attached hydrogens (tertiary/aromatic N) is 5. The molecule has 0 unspecified atom stereocenters. The molecular weight excluding hydrogens is 577 g/mol. The van der Waals surface area contributed by atoms with E-state index >= 15 is 0 Å². The molecule has 1 amide bonds. The average molecular weight is 608 g/mol. The quantitative estimate of drug-likeness (QED) is 0.222. The molecule has 13 heteroatoms. The number of hydrogen-bond acceptors (Lipinski definition) is 9. The lowest BCUT2D eigenvalue weighted by atomic mass is 10.1. The van der Waals surface area contributed by atoms with Crippen LogP contribution in [0.5, 0.6) is 5.75 Å². The maximum atomic E-state index is 14.3. The first-order valence-electron chi connectivity index (χ1n) is 13.5. The molecule has 0 spiro atoms. The molecule has 0 saturated carbocycles. The zero-order chi connectivity index (χ0) is 30.7. The number of aromatic nitrogens is 3. The second-order valence-electron chi connectivity index (χ2n) is 10.1. The number of nitrogens with one attached hydrogen (secondary N) is 1. The fourth-order valence-corrected chi connectivity index (χ4v) is 4.99. The largest absolute Gasteiger partial charge is 0.496 e. The number of ether oxygens (including phenoxy) is 2. The molecule has 0 radical (unpaired) electrons. The van der Waals surface area contributed by atoms with Gasteiger partial charge in [0.1, 0.15) is 12.4 Å². The number of esters is 1. The van der Waals surface area contributed by atoms with Crippen LogP contribution in [0.2, 0.25) is 5.02 Å². The minimum atomic E-state index is -0.662. The molecule has 1 aliphatic rings. The third-order valence-corrected chi connectivity index (χ3v) is 7.77. The van der Waals surface area contributed by atoms with Crippen molar-refractivity contribution in [1.82, 2.24) is 19.9 Å². The molecule has 1 fully saturated rings. The Kier molecular flexibility index (Phi) is 8.78. The Morgan fingerprint density at radius 1 is 1.12 bits per heavy atom. The van der Waals surface area contributed by atoms with Gasteiger partial charge in [0.05, 0.1) is 46.6 Å². The van der Waals surface area contributed by atoms with Crippen LogP contribution in [0, 0.1) is 12.7 Å². The lowest BCUT2D eigenvalue weighted by Gasteiger charge is -2.35. The van der Waals surface area contributed by atoms with Crippen molar-refractivity contribution in [2.45, 2.75) is 13.5 Å². The van der Waals surface area contributed by atoms with Crippen molar-refractivity contribution in [2.75, 3.05) is 56.3 Å². The molecule has 0 bridgehead atoms. The van der Waals surface area contributed by atoms with Crippen LogP contribution < -0.4 is 20.7 Å². The van der Waals surface area contributed by atoms with E-state index in [-0.39, 0.29) is 34.1 Å². The van der Waals surface area contributed by atoms with Gasteiger partial charge in [0, 0.05) is 37.3 Å². The number of carbonyl (C=O) groups is 2. The molecule has 2 heterocycles. The number of amides is 1. The molecule has 224 valence electrons. The van der Waals surface area contributed by atoms with E-state index in [0.717, 1.165) is 31.9 Å². The lowest BCUT2D eigenvalue weighted by molar-refractivity contribution is 0.0463. The maximum absolute atomic E-state index is 14.3. The van der Waals surface area contributed by atoms with Gasteiger partial charge in [-0.2, -0.15) is 0 Å². The first-order chi connectivity index (χ1) is 20.7. The molecule has 3 aromatic carbocycles. The Morgan fingerprint density at radius 2 is 1.86 bits per heavy atom. The van der Waals surface area contributed by atoms with Gasteiger partial charge in [0.15, 0.2) is 11.5 Å². The molecule has 4 aromatic rings. The number of rotatable bonds is 8. The van der Waals surface area contributed by atoms with Crippen molar-refractivity contribution in [3.8, 4) is 11.4 Å². The monoisotopic (exact) mass is 607 g/mol. The standard InChI is InChI=1S/C30H31ClFN7O4/c1-18-27(31)21(15-22(33)28(18)32)29(40)34-23-14-20(8-9-25(23)38-12-10-37(2)11-13-38)39-16-24(35-36-39)30(41)43-17-19-6-4-5-7-26(19)42-3/h4-9,14-16H,10-13,17,33H2,1-3H3,(H,34,40). The third kappa shape index (κ3) is 6.40. The van der Waals surface area contributed by atoms with Crippen LogP contribution in [-0.4, -0.2) is 72.1 Å². The second-order valence-corrected chi connectivity index (χ2v) is 10.5. The van der Waals surface area contributed by atoms with Crippen LogP contribution in [0.25, 0.3) is 5.69 Å². The number of nitrogen functional groups attached to an aromatic ring is 1. The van der Waals surface area contributed by atoms with Gasteiger partial charge < -0.3 is 30.3 Å². The molecule has 5 rings (SSSR count). The number of likely N-dealkylation sites (N-methyl/N-ethyl adjacent to an activating group) is 1. The van der Waals surface area contributed by atoms with Crippen LogP contribution in [0.1, 0.15) is 32.0 Å². The van der Waals surface area contributed by atoms with E-state index in [4.69, 9.17) is 26.8 Å². The van der Waals surface area contributed by atoms with Crippen LogP contribution >= 0.6 is 11.6 Å². The Morgan fingerprint density at radius 3 is 2.60 bits per heavy atom. The van der Waals surface area contributed by atoms with Crippen molar-refractivity contribution < 1.29 is 23.5 Å².